The van der Waals surface area contributed by atoms with Crippen LogP contribution in [0.1, 0.15) is 39.0 Å². The van der Waals surface area contributed by atoms with Gasteiger partial charge < -0.3 is 14.2 Å². The van der Waals surface area contributed by atoms with Gasteiger partial charge in [0.2, 0.25) is 0 Å². The van der Waals surface area contributed by atoms with Gasteiger partial charge in [-0.3, -0.25) is 0 Å². The van der Waals surface area contributed by atoms with Crippen molar-refractivity contribution in [2.75, 3.05) is 13.2 Å². The Bertz CT molecular complexity index is 315. The predicted octanol–water partition coefficient (Wildman–Crippen LogP) is 2.90. The zero-order valence-electron chi connectivity index (χ0n) is 11.3. The number of ether oxygens (including phenoxy) is 3. The molecule has 3 heteroatoms. The molecule has 0 aromatic carbocycles. The van der Waals surface area contributed by atoms with Crippen LogP contribution in [0.2, 0.25) is 0 Å². The van der Waals surface area contributed by atoms with Crippen molar-refractivity contribution < 1.29 is 14.2 Å². The molecular weight excluding hydrogens is 228 g/mol. The summed E-state index contributed by atoms with van der Waals surface area (Å²) < 4.78 is 17.0. The number of allylic oxidation sites excluding steroid dienone is 1. The molecule has 0 amide bonds. The van der Waals surface area contributed by atoms with E-state index in [-0.39, 0.29) is 0 Å². The van der Waals surface area contributed by atoms with Gasteiger partial charge in [-0.1, -0.05) is 6.58 Å². The summed E-state index contributed by atoms with van der Waals surface area (Å²) in [6.07, 6.45) is 7.18. The van der Waals surface area contributed by atoms with Gasteiger partial charge in [0.1, 0.15) is 0 Å². The van der Waals surface area contributed by atoms with E-state index >= 15 is 0 Å². The van der Waals surface area contributed by atoms with Crippen LogP contribution in [0.5, 0.6) is 0 Å². The van der Waals surface area contributed by atoms with Crippen LogP contribution in [0.4, 0.5) is 0 Å². The second-order valence-corrected chi connectivity index (χ2v) is 6.07. The van der Waals surface area contributed by atoms with Crippen molar-refractivity contribution in [3.63, 3.8) is 0 Å². The predicted molar refractivity (Wildman–Crippen MR) is 69.2 cm³/mol. The molecule has 5 unspecified atom stereocenters. The first-order valence-corrected chi connectivity index (χ1v) is 7.31. The molecule has 3 rings (SSSR count). The second kappa shape index (κ2) is 5.22. The molecule has 2 aliphatic heterocycles. The molecule has 0 radical (unpaired) electrons. The first-order chi connectivity index (χ1) is 8.72. The molecule has 0 aromatic heterocycles. The van der Waals surface area contributed by atoms with Gasteiger partial charge in [-0.05, 0) is 44.9 Å². The van der Waals surface area contributed by atoms with Crippen LogP contribution >= 0.6 is 0 Å². The Balaban J connectivity index is 1.40. The lowest BCUT2D eigenvalue weighted by Gasteiger charge is -2.29. The fraction of sp³-hybridized carbons (Fsp3) is 0.867. The zero-order chi connectivity index (χ0) is 12.5. The molecule has 0 aromatic rings. The van der Waals surface area contributed by atoms with E-state index in [4.69, 9.17) is 14.2 Å². The highest BCUT2D eigenvalue weighted by Crippen LogP contribution is 2.42. The standard InChI is InChI=1S/C15H24O3/c1-10-7-12(5-6-16-10)9-17-11(2)13-3-4-14-15(8-13)18-14/h10,12-15H,2-9H2,1H3. The molecular formula is C15H24O3. The van der Waals surface area contributed by atoms with E-state index in [0.29, 0.717) is 30.1 Å². The summed E-state index contributed by atoms with van der Waals surface area (Å²) in [6, 6.07) is 0. The second-order valence-electron chi connectivity index (χ2n) is 6.07. The Morgan fingerprint density at radius 3 is 2.89 bits per heavy atom. The highest BCUT2D eigenvalue weighted by atomic mass is 16.6. The smallest absolute Gasteiger partial charge is 0.0920 e. The Kier molecular flexibility index (Phi) is 3.62. The molecule has 0 bridgehead atoms. The molecule has 18 heavy (non-hydrogen) atoms. The van der Waals surface area contributed by atoms with Crippen LogP contribution < -0.4 is 0 Å². The van der Waals surface area contributed by atoms with Crippen molar-refractivity contribution in [2.45, 2.75) is 57.3 Å². The number of rotatable bonds is 4. The van der Waals surface area contributed by atoms with Crippen LogP contribution in [0.25, 0.3) is 0 Å². The molecule has 3 nitrogen and oxygen atoms in total. The van der Waals surface area contributed by atoms with Gasteiger partial charge in [0.15, 0.2) is 0 Å². The van der Waals surface area contributed by atoms with Gasteiger partial charge in [-0.2, -0.15) is 0 Å². The normalized spacial score (nSPS) is 43.1. The first kappa shape index (κ1) is 12.5. The summed E-state index contributed by atoms with van der Waals surface area (Å²) in [7, 11) is 0. The van der Waals surface area contributed by atoms with Gasteiger partial charge in [-0.25, -0.2) is 0 Å². The van der Waals surface area contributed by atoms with E-state index in [2.05, 4.69) is 13.5 Å². The molecule has 2 saturated heterocycles. The SMILES string of the molecule is C=C(OCC1CCOC(C)C1)C1CCC2OC2C1. The lowest BCUT2D eigenvalue weighted by molar-refractivity contribution is -0.0173. The molecule has 3 fully saturated rings. The Morgan fingerprint density at radius 1 is 1.22 bits per heavy atom. The van der Waals surface area contributed by atoms with Gasteiger partial charge in [-0.15, -0.1) is 0 Å². The van der Waals surface area contributed by atoms with Crippen molar-refractivity contribution in [3.8, 4) is 0 Å². The molecule has 0 spiro atoms. The highest BCUT2D eigenvalue weighted by Gasteiger charge is 2.44. The van der Waals surface area contributed by atoms with E-state index in [0.717, 1.165) is 38.2 Å². The number of fused-ring (bicyclic) bond motifs is 1. The maximum atomic E-state index is 5.93. The minimum absolute atomic E-state index is 0.385. The third kappa shape index (κ3) is 2.89. The molecule has 102 valence electrons. The van der Waals surface area contributed by atoms with Crippen molar-refractivity contribution in [1.82, 2.24) is 0 Å². The topological polar surface area (TPSA) is 31.0 Å². The van der Waals surface area contributed by atoms with E-state index < -0.39 is 0 Å². The molecule has 3 aliphatic rings. The first-order valence-electron chi connectivity index (χ1n) is 7.31. The summed E-state index contributed by atoms with van der Waals surface area (Å²) in [6.45, 7) is 7.97. The lowest BCUT2D eigenvalue weighted by atomic mass is 9.88. The maximum absolute atomic E-state index is 5.93. The molecule has 0 N–H and O–H groups in total. The summed E-state index contributed by atoms with van der Waals surface area (Å²) in [5.74, 6) is 2.15. The lowest BCUT2D eigenvalue weighted by Crippen LogP contribution is -2.26. The number of hydrogen-bond acceptors (Lipinski definition) is 3. The third-order valence-corrected chi connectivity index (χ3v) is 4.56. The minimum Gasteiger partial charge on any atom is -0.498 e. The van der Waals surface area contributed by atoms with Gasteiger partial charge >= 0.3 is 0 Å². The van der Waals surface area contributed by atoms with Crippen LogP contribution in [0.3, 0.4) is 0 Å². The average molecular weight is 252 g/mol. The Morgan fingerprint density at radius 2 is 2.11 bits per heavy atom. The summed E-state index contributed by atoms with van der Waals surface area (Å²) in [5.41, 5.74) is 0. The van der Waals surface area contributed by atoms with Crippen LogP contribution in [0.15, 0.2) is 12.3 Å². The van der Waals surface area contributed by atoms with E-state index in [1.807, 2.05) is 0 Å². The largest absolute Gasteiger partial charge is 0.498 e. The highest BCUT2D eigenvalue weighted by molar-refractivity contribution is 5.01. The summed E-state index contributed by atoms with van der Waals surface area (Å²) in [5, 5.41) is 0. The number of epoxide rings is 1. The number of hydrogen-bond donors (Lipinski definition) is 0. The van der Waals surface area contributed by atoms with Crippen LogP contribution in [-0.2, 0) is 14.2 Å². The molecule has 5 atom stereocenters. The molecule has 1 aliphatic carbocycles. The van der Waals surface area contributed by atoms with Crippen LogP contribution in [-0.4, -0.2) is 31.5 Å². The third-order valence-electron chi connectivity index (χ3n) is 4.56. The quantitative estimate of drug-likeness (QED) is 0.569. The summed E-state index contributed by atoms with van der Waals surface area (Å²) in [4.78, 5) is 0. The van der Waals surface area contributed by atoms with Gasteiger partial charge in [0.05, 0.1) is 30.7 Å². The molecule has 1 saturated carbocycles. The van der Waals surface area contributed by atoms with E-state index in [9.17, 15) is 0 Å². The van der Waals surface area contributed by atoms with Crippen molar-refractivity contribution in [3.05, 3.63) is 12.3 Å². The Hall–Kier alpha value is -0.540. The average Bonchev–Trinajstić information content (AvgIpc) is 3.14. The molecule has 2 heterocycles. The van der Waals surface area contributed by atoms with Gasteiger partial charge in [0, 0.05) is 12.5 Å². The zero-order valence-corrected chi connectivity index (χ0v) is 11.3. The fourth-order valence-electron chi connectivity index (χ4n) is 3.28. The van der Waals surface area contributed by atoms with Crippen molar-refractivity contribution in [2.24, 2.45) is 11.8 Å². The van der Waals surface area contributed by atoms with E-state index in [1.165, 1.54) is 12.8 Å². The monoisotopic (exact) mass is 252 g/mol. The van der Waals surface area contributed by atoms with Crippen molar-refractivity contribution >= 4 is 0 Å². The van der Waals surface area contributed by atoms with Gasteiger partial charge in [0.25, 0.3) is 0 Å². The maximum Gasteiger partial charge on any atom is 0.0920 e. The van der Waals surface area contributed by atoms with Crippen LogP contribution in [0, 0.1) is 11.8 Å². The Labute approximate surface area is 109 Å². The summed E-state index contributed by atoms with van der Waals surface area (Å²) >= 11 is 0. The van der Waals surface area contributed by atoms with E-state index in [1.54, 1.807) is 0 Å². The minimum atomic E-state index is 0.385. The van der Waals surface area contributed by atoms with Crippen molar-refractivity contribution in [1.29, 1.82) is 0 Å². The fourth-order valence-corrected chi connectivity index (χ4v) is 3.28.